The van der Waals surface area contributed by atoms with E-state index >= 15 is 0 Å². The van der Waals surface area contributed by atoms with Gasteiger partial charge in [-0.25, -0.2) is 4.98 Å². The largest absolute Gasteiger partial charge is 0.343 e. The van der Waals surface area contributed by atoms with Crippen molar-refractivity contribution in [2.45, 2.75) is 46.0 Å². The molecule has 0 atom stereocenters. The molecule has 5 heteroatoms. The van der Waals surface area contributed by atoms with Gasteiger partial charge >= 0.3 is 0 Å². The van der Waals surface area contributed by atoms with Crippen LogP contribution in [-0.4, -0.2) is 28.5 Å². The maximum absolute atomic E-state index is 4.77. The first-order valence-electron chi connectivity index (χ1n) is 10.3. The zero-order valence-electron chi connectivity index (χ0n) is 18.1. The third kappa shape index (κ3) is 5.31. The van der Waals surface area contributed by atoms with Gasteiger partial charge in [-0.2, -0.15) is 4.98 Å². The van der Waals surface area contributed by atoms with Crippen LogP contribution in [0.1, 0.15) is 56.2 Å². The van der Waals surface area contributed by atoms with Crippen molar-refractivity contribution in [3.05, 3.63) is 71.7 Å². The topological polar surface area (TPSA) is 53.9 Å². The summed E-state index contributed by atoms with van der Waals surface area (Å²) >= 11 is 0. The fourth-order valence-electron chi connectivity index (χ4n) is 3.37. The lowest BCUT2D eigenvalue weighted by atomic mass is 9.92. The number of likely N-dealkylation sites (N-methyl/N-ethyl adjacent to an activating group) is 1. The van der Waals surface area contributed by atoms with E-state index in [0.717, 1.165) is 24.7 Å². The molecule has 3 rings (SSSR count). The van der Waals surface area contributed by atoms with Gasteiger partial charge in [-0.15, -0.1) is 0 Å². The highest BCUT2D eigenvalue weighted by Crippen LogP contribution is 2.34. The highest BCUT2D eigenvalue weighted by Gasteiger charge is 2.15. The number of hydrogen-bond acceptors (Lipinski definition) is 5. The van der Waals surface area contributed by atoms with Crippen LogP contribution in [0.2, 0.25) is 0 Å². The average molecular weight is 390 g/mol. The second-order valence-electron chi connectivity index (χ2n) is 8.01. The fraction of sp³-hybridized carbons (Fsp3) is 0.375. The van der Waals surface area contributed by atoms with Crippen LogP contribution in [0.4, 0.5) is 17.5 Å². The molecule has 0 unspecified atom stereocenters. The number of nitrogens with one attached hydrogen (secondary N) is 1. The fourth-order valence-corrected chi connectivity index (χ4v) is 3.37. The molecule has 0 aliphatic heterocycles. The molecule has 5 nitrogen and oxygen atoms in total. The molecule has 0 fully saturated rings. The van der Waals surface area contributed by atoms with Gasteiger partial charge in [-0.1, -0.05) is 45.9 Å². The molecule has 0 bridgehead atoms. The SMILES string of the molecule is CC(C)c1cccc(C(C)C)c1Nc1ccnc(N(C)CCc2ccncc2)n1. The molecular weight excluding hydrogens is 358 g/mol. The Balaban J connectivity index is 1.80. The maximum atomic E-state index is 4.77. The lowest BCUT2D eigenvalue weighted by Gasteiger charge is -2.22. The van der Waals surface area contributed by atoms with Crippen molar-refractivity contribution in [2.75, 3.05) is 23.8 Å². The van der Waals surface area contributed by atoms with Crippen LogP contribution in [0.5, 0.6) is 0 Å². The van der Waals surface area contributed by atoms with Crippen molar-refractivity contribution in [2.24, 2.45) is 0 Å². The molecule has 0 saturated carbocycles. The second-order valence-corrected chi connectivity index (χ2v) is 8.01. The second kappa shape index (κ2) is 9.50. The average Bonchev–Trinajstić information content (AvgIpc) is 2.72. The highest BCUT2D eigenvalue weighted by atomic mass is 15.2. The summed E-state index contributed by atoms with van der Waals surface area (Å²) in [6.45, 7) is 9.74. The van der Waals surface area contributed by atoms with E-state index in [2.05, 4.69) is 66.1 Å². The molecule has 29 heavy (non-hydrogen) atoms. The molecule has 3 aromatic rings. The molecule has 0 aliphatic carbocycles. The summed E-state index contributed by atoms with van der Waals surface area (Å²) in [5.74, 6) is 2.40. The molecule has 2 aromatic heterocycles. The Hall–Kier alpha value is -2.95. The molecule has 152 valence electrons. The van der Waals surface area contributed by atoms with Crippen LogP contribution in [0.25, 0.3) is 0 Å². The molecule has 0 spiro atoms. The van der Waals surface area contributed by atoms with Crippen LogP contribution < -0.4 is 10.2 Å². The van der Waals surface area contributed by atoms with E-state index in [4.69, 9.17) is 4.98 Å². The molecule has 1 N–H and O–H groups in total. The standard InChI is InChI=1S/C24H31N5/c1-17(2)20-7-6-8-21(18(3)4)23(20)27-22-11-15-26-24(28-22)29(5)16-12-19-9-13-25-14-10-19/h6-11,13-15,17-18H,12,16H2,1-5H3,(H,26,27,28). The van der Waals surface area contributed by atoms with E-state index in [1.54, 1.807) is 0 Å². The van der Waals surface area contributed by atoms with E-state index in [1.165, 1.54) is 22.4 Å². The molecule has 2 heterocycles. The first-order chi connectivity index (χ1) is 14.0. The van der Waals surface area contributed by atoms with E-state index in [-0.39, 0.29) is 0 Å². The Bertz CT molecular complexity index is 895. The van der Waals surface area contributed by atoms with Gasteiger partial charge in [0.2, 0.25) is 5.95 Å². The summed E-state index contributed by atoms with van der Waals surface area (Å²) < 4.78 is 0. The number of para-hydroxylation sites is 1. The number of anilines is 3. The van der Waals surface area contributed by atoms with Gasteiger partial charge in [0, 0.05) is 37.9 Å². The predicted molar refractivity (Wildman–Crippen MR) is 121 cm³/mol. The normalized spacial score (nSPS) is 11.1. The van der Waals surface area contributed by atoms with Gasteiger partial charge in [0.1, 0.15) is 5.82 Å². The zero-order chi connectivity index (χ0) is 20.8. The third-order valence-corrected chi connectivity index (χ3v) is 5.10. The Kier molecular flexibility index (Phi) is 6.81. The van der Waals surface area contributed by atoms with Crippen molar-refractivity contribution in [3.8, 4) is 0 Å². The van der Waals surface area contributed by atoms with E-state index < -0.39 is 0 Å². The van der Waals surface area contributed by atoms with Crippen molar-refractivity contribution in [3.63, 3.8) is 0 Å². The smallest absolute Gasteiger partial charge is 0.227 e. The van der Waals surface area contributed by atoms with Gasteiger partial charge in [0.05, 0.1) is 0 Å². The van der Waals surface area contributed by atoms with Crippen molar-refractivity contribution in [1.29, 1.82) is 0 Å². The summed E-state index contributed by atoms with van der Waals surface area (Å²) in [6.07, 6.45) is 6.40. The summed E-state index contributed by atoms with van der Waals surface area (Å²) in [5.41, 5.74) is 5.04. The highest BCUT2D eigenvalue weighted by molar-refractivity contribution is 5.67. The van der Waals surface area contributed by atoms with Gasteiger partial charge in [-0.05, 0) is 53.1 Å². The molecular formula is C24H31N5. The summed E-state index contributed by atoms with van der Waals surface area (Å²) in [4.78, 5) is 15.4. The predicted octanol–water partition coefficient (Wildman–Crippen LogP) is 5.54. The van der Waals surface area contributed by atoms with E-state index in [1.807, 2.05) is 43.8 Å². The first kappa shape index (κ1) is 20.8. The molecule has 0 radical (unpaired) electrons. The first-order valence-corrected chi connectivity index (χ1v) is 10.3. The third-order valence-electron chi connectivity index (χ3n) is 5.10. The number of rotatable bonds is 8. The maximum Gasteiger partial charge on any atom is 0.227 e. The van der Waals surface area contributed by atoms with Crippen LogP contribution in [-0.2, 0) is 6.42 Å². The lowest BCUT2D eigenvalue weighted by molar-refractivity contribution is 0.832. The minimum atomic E-state index is 0.431. The van der Waals surface area contributed by atoms with E-state index in [0.29, 0.717) is 11.8 Å². The van der Waals surface area contributed by atoms with E-state index in [9.17, 15) is 0 Å². The molecule has 0 saturated heterocycles. The summed E-state index contributed by atoms with van der Waals surface area (Å²) in [7, 11) is 2.03. The minimum absolute atomic E-state index is 0.431. The van der Waals surface area contributed by atoms with Crippen molar-refractivity contribution < 1.29 is 0 Å². The van der Waals surface area contributed by atoms with Gasteiger partial charge < -0.3 is 10.2 Å². The number of nitrogens with zero attached hydrogens (tertiary/aromatic N) is 4. The van der Waals surface area contributed by atoms with Gasteiger partial charge in [0.15, 0.2) is 0 Å². The monoisotopic (exact) mass is 389 g/mol. The van der Waals surface area contributed by atoms with Crippen LogP contribution in [0.15, 0.2) is 55.0 Å². The Morgan fingerprint density at radius 3 is 2.17 bits per heavy atom. The lowest BCUT2D eigenvalue weighted by Crippen LogP contribution is -2.22. The Morgan fingerprint density at radius 2 is 1.55 bits per heavy atom. The number of benzene rings is 1. The van der Waals surface area contributed by atoms with Crippen LogP contribution in [0.3, 0.4) is 0 Å². The van der Waals surface area contributed by atoms with Crippen LogP contribution in [0, 0.1) is 0 Å². The Labute approximate surface area is 174 Å². The van der Waals surface area contributed by atoms with Crippen molar-refractivity contribution >= 4 is 17.5 Å². The zero-order valence-corrected chi connectivity index (χ0v) is 18.1. The number of pyridine rings is 1. The molecule has 1 aromatic carbocycles. The summed E-state index contributed by atoms with van der Waals surface area (Å²) in [6, 6.07) is 12.6. The Morgan fingerprint density at radius 1 is 0.897 bits per heavy atom. The minimum Gasteiger partial charge on any atom is -0.343 e. The molecule has 0 aliphatic rings. The quantitative estimate of drug-likeness (QED) is 0.548. The van der Waals surface area contributed by atoms with Crippen LogP contribution >= 0.6 is 0 Å². The number of hydrogen-bond donors (Lipinski definition) is 1. The summed E-state index contributed by atoms with van der Waals surface area (Å²) in [5, 5.41) is 3.59. The number of aromatic nitrogens is 3. The van der Waals surface area contributed by atoms with Crippen molar-refractivity contribution in [1.82, 2.24) is 15.0 Å². The van der Waals surface area contributed by atoms with Gasteiger partial charge in [-0.3, -0.25) is 4.98 Å². The molecule has 0 amide bonds. The van der Waals surface area contributed by atoms with Gasteiger partial charge in [0.25, 0.3) is 0 Å².